The minimum absolute atomic E-state index is 0.112. The van der Waals surface area contributed by atoms with Crippen LogP contribution in [0, 0.1) is 6.92 Å². The molecule has 0 aliphatic rings. The molecule has 0 aliphatic heterocycles. The highest BCUT2D eigenvalue weighted by atomic mass is 16.5. The summed E-state index contributed by atoms with van der Waals surface area (Å²) in [6.07, 6.45) is 3.27. The zero-order chi connectivity index (χ0) is 15.9. The zero-order valence-electron chi connectivity index (χ0n) is 12.8. The van der Waals surface area contributed by atoms with Crippen molar-refractivity contribution < 1.29 is 19.2 Å². The average molecular weight is 301 g/mol. The molecule has 5 nitrogen and oxygen atoms in total. The minimum Gasteiger partial charge on any atom is -0.491 e. The molecular formula is C17H21N2O3+. The molecule has 0 bridgehead atoms. The maximum Gasteiger partial charge on any atom is 0.221 e. The van der Waals surface area contributed by atoms with Gasteiger partial charge in [0.2, 0.25) is 5.91 Å². The second-order valence-corrected chi connectivity index (χ2v) is 5.24. The van der Waals surface area contributed by atoms with Crippen molar-refractivity contribution >= 4 is 11.6 Å². The van der Waals surface area contributed by atoms with Gasteiger partial charge in [0.15, 0.2) is 18.9 Å². The molecule has 2 rings (SSSR count). The number of aromatic nitrogens is 1. The third-order valence-electron chi connectivity index (χ3n) is 3.10. The van der Waals surface area contributed by atoms with Crippen molar-refractivity contribution in [3.8, 4) is 5.75 Å². The molecule has 2 aromatic rings. The number of rotatable bonds is 6. The van der Waals surface area contributed by atoms with Crippen LogP contribution in [0.25, 0.3) is 0 Å². The van der Waals surface area contributed by atoms with Gasteiger partial charge in [-0.1, -0.05) is 0 Å². The molecule has 0 radical (unpaired) electrons. The van der Waals surface area contributed by atoms with Crippen LogP contribution in [0.5, 0.6) is 5.75 Å². The maximum atomic E-state index is 10.9. The molecule has 5 heteroatoms. The summed E-state index contributed by atoms with van der Waals surface area (Å²) < 4.78 is 7.47. The topological polar surface area (TPSA) is 62.4 Å². The van der Waals surface area contributed by atoms with Crippen molar-refractivity contribution in [1.29, 1.82) is 0 Å². The molecule has 0 saturated carbocycles. The predicted octanol–water partition coefficient (Wildman–Crippen LogP) is 1.68. The van der Waals surface area contributed by atoms with Crippen molar-refractivity contribution in [2.75, 3.05) is 11.9 Å². The molecule has 0 fully saturated rings. The Bertz CT molecular complexity index is 609. The lowest BCUT2D eigenvalue weighted by atomic mass is 10.3. The Kier molecular flexibility index (Phi) is 5.49. The Morgan fingerprint density at radius 2 is 1.86 bits per heavy atom. The molecule has 1 amide bonds. The van der Waals surface area contributed by atoms with E-state index in [-0.39, 0.29) is 12.5 Å². The Morgan fingerprint density at radius 1 is 1.23 bits per heavy atom. The summed E-state index contributed by atoms with van der Waals surface area (Å²) in [5, 5.41) is 12.7. The normalized spacial score (nSPS) is 11.8. The van der Waals surface area contributed by atoms with Gasteiger partial charge in [0, 0.05) is 24.7 Å². The number of carbonyl (C=O) groups excluding carboxylic acids is 1. The van der Waals surface area contributed by atoms with Gasteiger partial charge in [-0.3, -0.25) is 4.79 Å². The van der Waals surface area contributed by atoms with Gasteiger partial charge in [-0.15, -0.1) is 0 Å². The van der Waals surface area contributed by atoms with Gasteiger partial charge < -0.3 is 15.2 Å². The monoisotopic (exact) mass is 301 g/mol. The van der Waals surface area contributed by atoms with E-state index in [1.54, 1.807) is 24.3 Å². The first-order chi connectivity index (χ1) is 10.5. The second-order valence-electron chi connectivity index (χ2n) is 5.24. The quantitative estimate of drug-likeness (QED) is 0.798. The van der Waals surface area contributed by atoms with Crippen LogP contribution in [0.2, 0.25) is 0 Å². The van der Waals surface area contributed by atoms with Crippen LogP contribution in [-0.4, -0.2) is 23.7 Å². The van der Waals surface area contributed by atoms with E-state index >= 15 is 0 Å². The molecule has 0 saturated heterocycles. The fourth-order valence-corrected chi connectivity index (χ4v) is 1.98. The Labute approximate surface area is 130 Å². The molecule has 1 heterocycles. The number of pyridine rings is 1. The lowest BCUT2D eigenvalue weighted by Gasteiger charge is -2.10. The highest BCUT2D eigenvalue weighted by Gasteiger charge is 2.11. The number of ether oxygens (including phenoxy) is 1. The van der Waals surface area contributed by atoms with Gasteiger partial charge in [0.05, 0.1) is 0 Å². The van der Waals surface area contributed by atoms with E-state index in [0.29, 0.717) is 12.3 Å². The largest absolute Gasteiger partial charge is 0.491 e. The van der Waals surface area contributed by atoms with Crippen LogP contribution in [0.4, 0.5) is 5.69 Å². The first-order valence-electron chi connectivity index (χ1n) is 7.17. The molecule has 116 valence electrons. The molecule has 0 spiro atoms. The number of aryl methyl sites for hydroxylation is 1. The molecule has 1 atom stereocenters. The predicted molar refractivity (Wildman–Crippen MR) is 83.6 cm³/mol. The van der Waals surface area contributed by atoms with E-state index in [0.717, 1.165) is 5.69 Å². The highest BCUT2D eigenvalue weighted by Crippen LogP contribution is 2.15. The number of aliphatic hydroxyl groups excluding tert-OH is 1. The molecule has 1 aromatic carbocycles. The SMILES string of the molecule is CC(=O)Nc1ccc(OC[C@H](O)C[n+]2ccc(C)cc2)cc1. The maximum absolute atomic E-state index is 10.9. The lowest BCUT2D eigenvalue weighted by molar-refractivity contribution is -0.703. The van der Waals surface area contributed by atoms with Crippen LogP contribution < -0.4 is 14.6 Å². The van der Waals surface area contributed by atoms with Gasteiger partial charge in [-0.25, -0.2) is 4.57 Å². The first-order valence-corrected chi connectivity index (χ1v) is 7.17. The fraction of sp³-hybridized carbons (Fsp3) is 0.294. The number of hydrogen-bond acceptors (Lipinski definition) is 3. The molecule has 22 heavy (non-hydrogen) atoms. The van der Waals surface area contributed by atoms with E-state index in [9.17, 15) is 9.90 Å². The smallest absolute Gasteiger partial charge is 0.221 e. The van der Waals surface area contributed by atoms with E-state index in [1.165, 1.54) is 12.5 Å². The van der Waals surface area contributed by atoms with Crippen molar-refractivity contribution in [1.82, 2.24) is 0 Å². The van der Waals surface area contributed by atoms with Crippen molar-refractivity contribution in [3.63, 3.8) is 0 Å². The Hall–Kier alpha value is -2.40. The summed E-state index contributed by atoms with van der Waals surface area (Å²) in [7, 11) is 0. The molecule has 0 unspecified atom stereocenters. The number of nitrogens with zero attached hydrogens (tertiary/aromatic N) is 1. The van der Waals surface area contributed by atoms with E-state index in [4.69, 9.17) is 4.74 Å². The number of hydrogen-bond donors (Lipinski definition) is 2. The van der Waals surface area contributed by atoms with Crippen LogP contribution in [0.1, 0.15) is 12.5 Å². The standard InChI is InChI=1S/C17H20N2O3/c1-13-7-9-19(10-8-13)11-16(21)12-22-17-5-3-15(4-6-17)18-14(2)20/h3-10,16,21H,11-12H2,1-2H3/p+1/t16-/m1/s1. The summed E-state index contributed by atoms with van der Waals surface area (Å²) in [5.41, 5.74) is 1.90. The van der Waals surface area contributed by atoms with Gasteiger partial charge in [0.25, 0.3) is 0 Å². The van der Waals surface area contributed by atoms with Crippen LogP contribution in [0.3, 0.4) is 0 Å². The summed E-state index contributed by atoms with van der Waals surface area (Å²) in [4.78, 5) is 10.9. The zero-order valence-corrected chi connectivity index (χ0v) is 12.8. The average Bonchev–Trinajstić information content (AvgIpc) is 2.48. The van der Waals surface area contributed by atoms with Crippen LogP contribution in [-0.2, 0) is 11.3 Å². The molecular weight excluding hydrogens is 280 g/mol. The molecule has 1 aromatic heterocycles. The van der Waals surface area contributed by atoms with Crippen molar-refractivity contribution in [3.05, 3.63) is 54.4 Å². The summed E-state index contributed by atoms with van der Waals surface area (Å²) in [6.45, 7) is 4.17. The van der Waals surface area contributed by atoms with Crippen molar-refractivity contribution in [2.24, 2.45) is 0 Å². The Morgan fingerprint density at radius 3 is 2.45 bits per heavy atom. The number of anilines is 1. The van der Waals surface area contributed by atoms with Gasteiger partial charge in [-0.05, 0) is 36.8 Å². The third kappa shape index (κ3) is 5.18. The number of nitrogens with one attached hydrogen (secondary N) is 1. The van der Waals surface area contributed by atoms with E-state index in [2.05, 4.69) is 5.32 Å². The first kappa shape index (κ1) is 16.0. The van der Waals surface area contributed by atoms with Crippen molar-refractivity contribution in [2.45, 2.75) is 26.5 Å². The lowest BCUT2D eigenvalue weighted by Crippen LogP contribution is -2.41. The van der Waals surface area contributed by atoms with Crippen LogP contribution in [0.15, 0.2) is 48.8 Å². The second kappa shape index (κ2) is 7.56. The number of amides is 1. The molecule has 2 N–H and O–H groups in total. The van der Waals surface area contributed by atoms with Gasteiger partial charge in [-0.2, -0.15) is 0 Å². The Balaban J connectivity index is 1.81. The van der Waals surface area contributed by atoms with Crippen LogP contribution >= 0.6 is 0 Å². The van der Waals surface area contributed by atoms with Gasteiger partial charge in [0.1, 0.15) is 18.5 Å². The summed E-state index contributed by atoms with van der Waals surface area (Å²) in [5.74, 6) is 0.543. The minimum atomic E-state index is -0.595. The number of benzene rings is 1. The van der Waals surface area contributed by atoms with E-state index < -0.39 is 6.10 Å². The van der Waals surface area contributed by atoms with Gasteiger partial charge >= 0.3 is 0 Å². The highest BCUT2D eigenvalue weighted by molar-refractivity contribution is 5.88. The number of carbonyl (C=O) groups is 1. The summed E-state index contributed by atoms with van der Waals surface area (Å²) >= 11 is 0. The van der Waals surface area contributed by atoms with E-state index in [1.807, 2.05) is 36.0 Å². The molecule has 0 aliphatic carbocycles. The summed E-state index contributed by atoms with van der Waals surface area (Å²) in [6, 6.07) is 11.0. The number of aliphatic hydroxyl groups is 1. The third-order valence-corrected chi connectivity index (χ3v) is 3.10. The fourth-order valence-electron chi connectivity index (χ4n) is 1.98.